The van der Waals surface area contributed by atoms with Gasteiger partial charge in [-0.2, -0.15) is 0 Å². The second-order valence-corrected chi connectivity index (χ2v) is 0. The molecular formula is AgCoO2. The van der Waals surface area contributed by atoms with Gasteiger partial charge in [-0.1, -0.05) is 0 Å². The summed E-state index contributed by atoms with van der Waals surface area (Å²) in [5, 5.41) is 0. The fourth-order valence-electron chi connectivity index (χ4n) is 0. The van der Waals surface area contributed by atoms with Crippen molar-refractivity contribution in [2.75, 3.05) is 0 Å². The zero-order valence-electron chi connectivity index (χ0n) is 1.45. The van der Waals surface area contributed by atoms with Crippen LogP contribution in [0.4, 0.5) is 0 Å². The molecule has 0 saturated heterocycles. The van der Waals surface area contributed by atoms with E-state index in [0.29, 0.717) is 0 Å². The molecule has 0 spiro atoms. The average molecular weight is 199 g/mol. The Bertz CT molecular complexity index is 8.00. The summed E-state index contributed by atoms with van der Waals surface area (Å²) in [6.07, 6.45) is 0. The van der Waals surface area contributed by atoms with Crippen LogP contribution >= 0.6 is 0 Å². The van der Waals surface area contributed by atoms with Gasteiger partial charge in [0, 0.05) is 0 Å². The fraction of sp³-hybridized carbons (Fsp3) is 0. The maximum atomic E-state index is 8.06. The van der Waals surface area contributed by atoms with Crippen molar-refractivity contribution in [3.8, 4) is 0 Å². The van der Waals surface area contributed by atoms with Crippen molar-refractivity contribution < 1.29 is 43.8 Å². The average Bonchev–Trinajstić information content (AvgIpc) is 1.50. The molecule has 0 saturated carbocycles. The number of hydrogen-bond acceptors (Lipinski definition) is 2. The van der Waals surface area contributed by atoms with E-state index in [2.05, 4.69) is 15.7 Å². The van der Waals surface area contributed by atoms with Crippen LogP contribution in [-0.2, 0) is 43.8 Å². The monoisotopic (exact) mass is 198 g/mol. The molecule has 0 aliphatic heterocycles. The van der Waals surface area contributed by atoms with E-state index in [1.54, 1.807) is 21.0 Å². The van der Waals surface area contributed by atoms with Gasteiger partial charge in [0.15, 0.2) is 0 Å². The van der Waals surface area contributed by atoms with E-state index in [-0.39, 0.29) is 0 Å². The first-order valence-electron chi connectivity index (χ1n) is 0.259. The zero-order chi connectivity index (χ0) is 4.00. The third-order valence-electron chi connectivity index (χ3n) is 0. The summed E-state index contributed by atoms with van der Waals surface area (Å²) in [6, 6.07) is 0. The Balaban J connectivity index is 0. The normalized spacial score (nSPS) is 2.75. The Labute approximate surface area is 44.0 Å². The maximum absolute atomic E-state index is 8.06. The van der Waals surface area contributed by atoms with Gasteiger partial charge in [-0.25, -0.2) is 0 Å². The van der Waals surface area contributed by atoms with Gasteiger partial charge < -0.3 is 0 Å². The predicted octanol–water partition coefficient (Wildman–Crippen LogP) is -0.243. The van der Waals surface area contributed by atoms with Crippen LogP contribution in [0.5, 0.6) is 0 Å². The molecule has 4 heteroatoms. The first-order chi connectivity index (χ1) is 2.00. The third-order valence-corrected chi connectivity index (χ3v) is 0. The molecule has 0 aromatic heterocycles. The standard InChI is InChI=1S/Ag.Co.2O. The van der Waals surface area contributed by atoms with Crippen LogP contribution in [0, 0.1) is 0 Å². The topological polar surface area (TPSA) is 34.1 Å². The molecule has 0 rings (SSSR count). The van der Waals surface area contributed by atoms with E-state index in [0.717, 1.165) is 0 Å². The van der Waals surface area contributed by atoms with Crippen molar-refractivity contribution >= 4 is 0 Å². The van der Waals surface area contributed by atoms with Gasteiger partial charge in [-0.3, -0.25) is 0 Å². The van der Waals surface area contributed by atoms with E-state index in [1.807, 2.05) is 0 Å². The van der Waals surface area contributed by atoms with E-state index < -0.39 is 0 Å². The van der Waals surface area contributed by atoms with Crippen molar-refractivity contribution in [1.82, 2.24) is 0 Å². The molecule has 0 bridgehead atoms. The van der Waals surface area contributed by atoms with Crippen LogP contribution in [0.3, 0.4) is 0 Å². The molecule has 32 valence electrons. The van der Waals surface area contributed by atoms with E-state index >= 15 is 0 Å². The fourth-order valence-corrected chi connectivity index (χ4v) is 0. The quantitative estimate of drug-likeness (QED) is 0.504. The molecule has 0 unspecified atom stereocenters. The number of rotatable bonds is 0. The van der Waals surface area contributed by atoms with Crippen LogP contribution in [0.2, 0.25) is 0 Å². The molecule has 2 nitrogen and oxygen atoms in total. The summed E-state index contributed by atoms with van der Waals surface area (Å²) in [6.45, 7) is 0. The second-order valence-electron chi connectivity index (χ2n) is 0. The molecule has 4 heavy (non-hydrogen) atoms. The van der Waals surface area contributed by atoms with Crippen molar-refractivity contribution in [3.63, 3.8) is 0 Å². The Hall–Kier alpha value is 0.847. The van der Waals surface area contributed by atoms with Crippen LogP contribution < -0.4 is 0 Å². The molecule has 0 amide bonds. The summed E-state index contributed by atoms with van der Waals surface area (Å²) >= 11 is 4.01. The first-order valence-corrected chi connectivity index (χ1v) is 1.29. The molecular weight excluding hydrogens is 199 g/mol. The molecule has 0 radical (unpaired) electrons. The summed E-state index contributed by atoms with van der Waals surface area (Å²) in [7, 11) is 0. The number of hydrogen-bond donors (Lipinski definition) is 0. The Morgan fingerprint density at radius 3 is 1.25 bits per heavy atom. The molecule has 0 heterocycles. The molecule has 0 N–H and O–H groups in total. The SMILES string of the molecule is [O]=[Ag].[O]=[Co]. The minimum absolute atomic E-state index is 1.70. The zero-order valence-corrected chi connectivity index (χ0v) is 3.97. The summed E-state index contributed by atoms with van der Waals surface area (Å²) in [5.74, 6) is 0. The van der Waals surface area contributed by atoms with E-state index in [9.17, 15) is 0 Å². The van der Waals surface area contributed by atoms with E-state index in [1.165, 1.54) is 0 Å². The molecule has 0 aromatic carbocycles. The van der Waals surface area contributed by atoms with Gasteiger partial charge in [0.2, 0.25) is 0 Å². The van der Waals surface area contributed by atoms with Gasteiger partial charge in [-0.05, 0) is 0 Å². The van der Waals surface area contributed by atoms with Gasteiger partial charge in [-0.15, -0.1) is 0 Å². The van der Waals surface area contributed by atoms with Crippen LogP contribution in [0.1, 0.15) is 0 Å². The minimum atomic E-state index is 1.70. The molecule has 0 aromatic rings. The third kappa shape index (κ3) is 13.5. The van der Waals surface area contributed by atoms with Gasteiger partial charge in [0.1, 0.15) is 0 Å². The summed E-state index contributed by atoms with van der Waals surface area (Å²) in [4.78, 5) is 0. The van der Waals surface area contributed by atoms with Crippen molar-refractivity contribution in [2.24, 2.45) is 0 Å². The van der Waals surface area contributed by atoms with Gasteiger partial charge in [0.05, 0.1) is 0 Å². The van der Waals surface area contributed by atoms with Crippen LogP contribution in [0.25, 0.3) is 0 Å². The van der Waals surface area contributed by atoms with Gasteiger partial charge in [0.25, 0.3) is 0 Å². The summed E-state index contributed by atoms with van der Waals surface area (Å²) in [5.41, 5.74) is 0. The molecule has 0 fully saturated rings. The van der Waals surface area contributed by atoms with Crippen LogP contribution in [-0.4, -0.2) is 0 Å². The van der Waals surface area contributed by atoms with Crippen molar-refractivity contribution in [1.29, 1.82) is 0 Å². The molecule has 0 atom stereocenters. The molecule has 0 aliphatic rings. The van der Waals surface area contributed by atoms with Gasteiger partial charge >= 0.3 is 43.8 Å². The first kappa shape index (κ1) is 8.85. The Kier molecular flexibility index (Phi) is 96.2. The second kappa shape index (κ2) is 43.5. The Morgan fingerprint density at radius 2 is 1.25 bits per heavy atom. The van der Waals surface area contributed by atoms with E-state index in [4.69, 9.17) is 7.12 Å². The van der Waals surface area contributed by atoms with Crippen LogP contribution in [0.15, 0.2) is 0 Å². The molecule has 0 aliphatic carbocycles. The summed E-state index contributed by atoms with van der Waals surface area (Å²) < 4.78 is 16.0. The van der Waals surface area contributed by atoms with Crippen molar-refractivity contribution in [2.45, 2.75) is 0 Å². The van der Waals surface area contributed by atoms with Crippen molar-refractivity contribution in [3.05, 3.63) is 0 Å². The Morgan fingerprint density at radius 1 is 1.25 bits per heavy atom. The predicted molar refractivity (Wildman–Crippen MR) is 1.37 cm³/mol.